The number of carbonyl (C=O) groups excluding carboxylic acids is 1. The number of rotatable bonds is 5. The molecule has 1 fully saturated rings. The molecule has 0 aliphatic carbocycles. The Labute approximate surface area is 132 Å². The van der Waals surface area contributed by atoms with E-state index in [0.717, 1.165) is 13.0 Å². The van der Waals surface area contributed by atoms with Crippen LogP contribution < -0.4 is 5.32 Å². The van der Waals surface area contributed by atoms with E-state index in [1.807, 2.05) is 13.0 Å². The van der Waals surface area contributed by atoms with Gasteiger partial charge in [0.15, 0.2) is 5.82 Å². The van der Waals surface area contributed by atoms with Crippen LogP contribution in [0, 0.1) is 0 Å². The molecule has 23 heavy (non-hydrogen) atoms. The van der Waals surface area contributed by atoms with E-state index in [4.69, 9.17) is 0 Å². The molecular weight excluding hydrogens is 302 g/mol. The van der Waals surface area contributed by atoms with Crippen LogP contribution in [0.1, 0.15) is 32.0 Å². The summed E-state index contributed by atoms with van der Waals surface area (Å²) in [6.45, 7) is 3.18. The fourth-order valence-electron chi connectivity index (χ4n) is 2.81. The van der Waals surface area contributed by atoms with Crippen LogP contribution in [-0.2, 0) is 4.79 Å². The van der Waals surface area contributed by atoms with E-state index >= 15 is 0 Å². The zero-order valence-corrected chi connectivity index (χ0v) is 12.8. The van der Waals surface area contributed by atoms with E-state index < -0.39 is 12.2 Å². The van der Waals surface area contributed by atoms with Crippen LogP contribution in [0.3, 0.4) is 0 Å². The molecule has 0 radical (unpaired) electrons. The lowest BCUT2D eigenvalue weighted by Crippen LogP contribution is -2.36. The Morgan fingerprint density at radius 1 is 1.30 bits per heavy atom. The van der Waals surface area contributed by atoms with Gasteiger partial charge in [0.25, 0.3) is 6.43 Å². The van der Waals surface area contributed by atoms with Gasteiger partial charge in [-0.2, -0.15) is 0 Å². The molecule has 1 aromatic carbocycles. The fraction of sp³-hybridized carbons (Fsp3) is 0.438. The summed E-state index contributed by atoms with van der Waals surface area (Å²) in [7, 11) is 0. The van der Waals surface area contributed by atoms with Crippen molar-refractivity contribution in [3.05, 3.63) is 30.1 Å². The molecule has 122 valence electrons. The van der Waals surface area contributed by atoms with E-state index in [1.54, 1.807) is 23.1 Å². The van der Waals surface area contributed by atoms with E-state index in [-0.39, 0.29) is 11.9 Å². The average molecular weight is 320 g/mol. The fourth-order valence-corrected chi connectivity index (χ4v) is 2.81. The first-order chi connectivity index (χ1) is 11.0. The maximum atomic E-state index is 13.0. The first-order valence-corrected chi connectivity index (χ1v) is 7.63. The number of alkyl halides is 2. The van der Waals surface area contributed by atoms with Gasteiger partial charge in [-0.1, -0.05) is 12.1 Å². The van der Waals surface area contributed by atoms with Crippen molar-refractivity contribution < 1.29 is 13.6 Å². The summed E-state index contributed by atoms with van der Waals surface area (Å²) in [5.41, 5.74) is 0.477. The normalized spacial score (nSPS) is 16.3. The predicted octanol–water partition coefficient (Wildman–Crippen LogP) is 2.99. The first kappa shape index (κ1) is 15.6. The standard InChI is InChI=1S/C16H18F2N4O/c1-10(9-22-8-4-7-13(22)23)19-15-11-5-2-3-6-12(11)20-16(21-15)14(17)18/h2-3,5-6,10,14H,4,7-9H2,1H3,(H,19,20,21)/t10-/m0/s1. The van der Waals surface area contributed by atoms with Crippen molar-refractivity contribution in [2.75, 3.05) is 18.4 Å². The molecule has 0 saturated carbocycles. The molecule has 7 heteroatoms. The third kappa shape index (κ3) is 3.38. The largest absolute Gasteiger partial charge is 0.365 e. The Hall–Kier alpha value is -2.31. The van der Waals surface area contributed by atoms with Gasteiger partial charge >= 0.3 is 0 Å². The summed E-state index contributed by atoms with van der Waals surface area (Å²) in [5.74, 6) is 0.0279. The zero-order valence-electron chi connectivity index (χ0n) is 12.8. The summed E-state index contributed by atoms with van der Waals surface area (Å²) >= 11 is 0. The minimum absolute atomic E-state index is 0.0964. The number of carbonyl (C=O) groups is 1. The van der Waals surface area contributed by atoms with Crippen molar-refractivity contribution in [2.45, 2.75) is 32.2 Å². The summed E-state index contributed by atoms with van der Waals surface area (Å²) in [5, 5.41) is 3.84. The highest BCUT2D eigenvalue weighted by Crippen LogP contribution is 2.25. The number of hydrogen-bond acceptors (Lipinski definition) is 4. The maximum absolute atomic E-state index is 13.0. The van der Waals surface area contributed by atoms with E-state index in [9.17, 15) is 13.6 Å². The van der Waals surface area contributed by atoms with Gasteiger partial charge in [-0.25, -0.2) is 18.7 Å². The number of nitrogens with one attached hydrogen (secondary N) is 1. The van der Waals surface area contributed by atoms with Crippen molar-refractivity contribution in [1.29, 1.82) is 0 Å². The van der Waals surface area contributed by atoms with Gasteiger partial charge < -0.3 is 10.2 Å². The van der Waals surface area contributed by atoms with Crippen LogP contribution >= 0.6 is 0 Å². The second kappa shape index (κ2) is 6.44. The number of hydrogen-bond donors (Lipinski definition) is 1. The molecule has 3 rings (SSSR count). The number of likely N-dealkylation sites (tertiary alicyclic amines) is 1. The summed E-state index contributed by atoms with van der Waals surface area (Å²) in [4.78, 5) is 21.3. The van der Waals surface area contributed by atoms with E-state index in [0.29, 0.717) is 29.7 Å². The highest BCUT2D eigenvalue weighted by atomic mass is 19.3. The summed E-state index contributed by atoms with van der Waals surface area (Å²) in [6.07, 6.45) is -1.27. The van der Waals surface area contributed by atoms with Crippen LogP contribution in [0.25, 0.3) is 10.9 Å². The molecule has 0 bridgehead atoms. The molecule has 1 N–H and O–H groups in total. The Morgan fingerprint density at radius 2 is 2.09 bits per heavy atom. The Morgan fingerprint density at radius 3 is 2.78 bits per heavy atom. The van der Waals surface area contributed by atoms with E-state index in [2.05, 4.69) is 15.3 Å². The third-order valence-electron chi connectivity index (χ3n) is 3.86. The summed E-state index contributed by atoms with van der Waals surface area (Å²) in [6, 6.07) is 6.94. The zero-order chi connectivity index (χ0) is 16.4. The first-order valence-electron chi connectivity index (χ1n) is 7.63. The molecule has 1 aliphatic heterocycles. The molecule has 2 heterocycles. The maximum Gasteiger partial charge on any atom is 0.297 e. The molecule has 1 aromatic heterocycles. The van der Waals surface area contributed by atoms with E-state index in [1.165, 1.54) is 0 Å². The average Bonchev–Trinajstić information content (AvgIpc) is 2.92. The van der Waals surface area contributed by atoms with Crippen LogP contribution in [0.2, 0.25) is 0 Å². The third-order valence-corrected chi connectivity index (χ3v) is 3.86. The van der Waals surface area contributed by atoms with Crippen LogP contribution in [0.4, 0.5) is 14.6 Å². The Bertz CT molecular complexity index is 722. The van der Waals surface area contributed by atoms with Gasteiger partial charge in [-0.3, -0.25) is 4.79 Å². The minimum Gasteiger partial charge on any atom is -0.365 e. The molecular formula is C16H18F2N4O. The number of halogens is 2. The van der Waals surface area contributed by atoms with Crippen LogP contribution in [0.15, 0.2) is 24.3 Å². The van der Waals surface area contributed by atoms with Gasteiger partial charge in [0.2, 0.25) is 5.91 Å². The number of nitrogens with zero attached hydrogens (tertiary/aromatic N) is 3. The monoisotopic (exact) mass is 320 g/mol. The summed E-state index contributed by atoms with van der Waals surface area (Å²) < 4.78 is 26.0. The highest BCUT2D eigenvalue weighted by Gasteiger charge is 2.22. The quantitative estimate of drug-likeness (QED) is 0.920. The van der Waals surface area contributed by atoms with Crippen LogP contribution in [-0.4, -0.2) is 39.9 Å². The molecule has 5 nitrogen and oxygen atoms in total. The van der Waals surface area contributed by atoms with Crippen LogP contribution in [0.5, 0.6) is 0 Å². The molecule has 2 aromatic rings. The Kier molecular flexibility index (Phi) is 4.36. The molecule has 0 spiro atoms. The van der Waals surface area contributed by atoms with Gasteiger partial charge in [-0.15, -0.1) is 0 Å². The number of anilines is 1. The molecule has 1 amide bonds. The number of para-hydroxylation sites is 1. The van der Waals surface area contributed by atoms with Crippen molar-refractivity contribution in [3.8, 4) is 0 Å². The second-order valence-corrected chi connectivity index (χ2v) is 5.74. The smallest absolute Gasteiger partial charge is 0.297 e. The lowest BCUT2D eigenvalue weighted by atomic mass is 10.2. The van der Waals surface area contributed by atoms with Crippen molar-refractivity contribution in [2.24, 2.45) is 0 Å². The van der Waals surface area contributed by atoms with Crippen molar-refractivity contribution in [3.63, 3.8) is 0 Å². The molecule has 0 unspecified atom stereocenters. The number of aromatic nitrogens is 2. The highest BCUT2D eigenvalue weighted by molar-refractivity contribution is 5.89. The molecule has 1 atom stereocenters. The topological polar surface area (TPSA) is 58.1 Å². The lowest BCUT2D eigenvalue weighted by Gasteiger charge is -2.22. The van der Waals surface area contributed by atoms with Gasteiger partial charge in [0, 0.05) is 30.9 Å². The molecule has 1 saturated heterocycles. The second-order valence-electron chi connectivity index (χ2n) is 5.74. The van der Waals surface area contributed by atoms with Gasteiger partial charge in [0.1, 0.15) is 5.82 Å². The SMILES string of the molecule is C[C@@H](CN1CCCC1=O)Nc1nc(C(F)F)nc2ccccc12. The number of amides is 1. The van der Waals surface area contributed by atoms with Gasteiger partial charge in [-0.05, 0) is 25.5 Å². The predicted molar refractivity (Wildman–Crippen MR) is 83.4 cm³/mol. The number of benzene rings is 1. The van der Waals surface area contributed by atoms with Gasteiger partial charge in [0.05, 0.1) is 5.52 Å². The Balaban J connectivity index is 1.84. The molecule has 1 aliphatic rings. The van der Waals surface area contributed by atoms with Crippen molar-refractivity contribution in [1.82, 2.24) is 14.9 Å². The number of fused-ring (bicyclic) bond motifs is 1. The lowest BCUT2D eigenvalue weighted by molar-refractivity contribution is -0.127. The van der Waals surface area contributed by atoms with Crippen molar-refractivity contribution >= 4 is 22.6 Å². The minimum atomic E-state index is -2.73.